The Labute approximate surface area is 175 Å². The molecule has 0 saturated carbocycles. The molecule has 2 heterocycles. The van der Waals surface area contributed by atoms with E-state index in [-0.39, 0.29) is 11.1 Å². The molecule has 0 N–H and O–H groups in total. The number of carbonyl (C=O) groups excluding carboxylic acids is 4. The average molecular weight is 414 g/mol. The smallest absolute Gasteiger partial charge is 0.410 e. The summed E-state index contributed by atoms with van der Waals surface area (Å²) in [6.45, 7) is 9.43. The molecule has 0 spiro atoms. The van der Waals surface area contributed by atoms with Gasteiger partial charge in [0.15, 0.2) is 0 Å². The van der Waals surface area contributed by atoms with Crippen molar-refractivity contribution in [2.75, 3.05) is 13.1 Å². The first-order valence-corrected chi connectivity index (χ1v) is 9.79. The van der Waals surface area contributed by atoms with Crippen molar-refractivity contribution in [1.29, 1.82) is 0 Å². The molecule has 8 heteroatoms. The number of imide groups is 1. The lowest BCUT2D eigenvalue weighted by molar-refractivity contribution is -0.177. The van der Waals surface area contributed by atoms with Gasteiger partial charge in [0.05, 0.1) is 16.5 Å². The van der Waals surface area contributed by atoms with Gasteiger partial charge in [-0.3, -0.25) is 9.59 Å². The summed E-state index contributed by atoms with van der Waals surface area (Å²) < 4.78 is 5.37. The SMILES string of the molecule is CC(C)(C)OC(=O)N1CC=C(C(C)(C)C(=O)ON2C(=O)c3ccccc3C2=O)CC1. The van der Waals surface area contributed by atoms with Gasteiger partial charge in [-0.1, -0.05) is 28.8 Å². The Bertz CT molecular complexity index is 906. The summed E-state index contributed by atoms with van der Waals surface area (Å²) >= 11 is 0. The Hall–Kier alpha value is -3.16. The van der Waals surface area contributed by atoms with Gasteiger partial charge in [-0.05, 0) is 53.2 Å². The topological polar surface area (TPSA) is 93.2 Å². The summed E-state index contributed by atoms with van der Waals surface area (Å²) in [4.78, 5) is 56.7. The van der Waals surface area contributed by atoms with Crippen molar-refractivity contribution in [2.45, 2.75) is 46.6 Å². The van der Waals surface area contributed by atoms with Crippen LogP contribution in [0.4, 0.5) is 4.79 Å². The molecule has 0 fully saturated rings. The lowest BCUT2D eigenvalue weighted by Gasteiger charge is -2.34. The number of benzene rings is 1. The van der Waals surface area contributed by atoms with E-state index in [4.69, 9.17) is 9.57 Å². The van der Waals surface area contributed by atoms with Crippen molar-refractivity contribution in [3.63, 3.8) is 0 Å². The van der Waals surface area contributed by atoms with Crippen molar-refractivity contribution in [3.05, 3.63) is 47.0 Å². The van der Waals surface area contributed by atoms with Crippen molar-refractivity contribution in [3.8, 4) is 0 Å². The second kappa shape index (κ2) is 7.59. The molecular weight excluding hydrogens is 388 g/mol. The van der Waals surface area contributed by atoms with Crippen LogP contribution in [0.2, 0.25) is 0 Å². The molecule has 0 bridgehead atoms. The Morgan fingerprint density at radius 2 is 1.53 bits per heavy atom. The summed E-state index contributed by atoms with van der Waals surface area (Å²) in [6.07, 6.45) is 1.82. The fourth-order valence-electron chi connectivity index (χ4n) is 3.31. The summed E-state index contributed by atoms with van der Waals surface area (Å²) in [5, 5.41) is 0.519. The summed E-state index contributed by atoms with van der Waals surface area (Å²) in [5.41, 5.74) is -0.480. The van der Waals surface area contributed by atoms with Gasteiger partial charge in [-0.25, -0.2) is 9.59 Å². The van der Waals surface area contributed by atoms with Crippen LogP contribution < -0.4 is 0 Å². The molecule has 2 aliphatic rings. The van der Waals surface area contributed by atoms with E-state index >= 15 is 0 Å². The molecule has 0 unspecified atom stereocenters. The first kappa shape index (κ1) is 21.5. The van der Waals surface area contributed by atoms with Gasteiger partial charge in [0, 0.05) is 13.1 Å². The fraction of sp³-hybridized carbons (Fsp3) is 0.455. The van der Waals surface area contributed by atoms with Gasteiger partial charge < -0.3 is 14.5 Å². The lowest BCUT2D eigenvalue weighted by Crippen LogP contribution is -2.43. The van der Waals surface area contributed by atoms with Crippen LogP contribution in [0.15, 0.2) is 35.9 Å². The van der Waals surface area contributed by atoms with E-state index in [0.717, 1.165) is 5.57 Å². The molecule has 8 nitrogen and oxygen atoms in total. The Balaban J connectivity index is 1.68. The minimum Gasteiger partial charge on any atom is -0.444 e. The highest BCUT2D eigenvalue weighted by Gasteiger charge is 2.43. The molecule has 0 aromatic heterocycles. The van der Waals surface area contributed by atoms with Crippen LogP contribution in [-0.2, 0) is 14.4 Å². The van der Waals surface area contributed by atoms with Crippen LogP contribution >= 0.6 is 0 Å². The first-order valence-electron chi connectivity index (χ1n) is 9.79. The van der Waals surface area contributed by atoms with Gasteiger partial charge in [0.2, 0.25) is 0 Å². The number of carbonyl (C=O) groups is 4. The first-order chi connectivity index (χ1) is 13.9. The highest BCUT2D eigenvalue weighted by Crippen LogP contribution is 2.34. The maximum absolute atomic E-state index is 12.9. The predicted octanol–water partition coefficient (Wildman–Crippen LogP) is 3.33. The van der Waals surface area contributed by atoms with Gasteiger partial charge in [-0.15, -0.1) is 0 Å². The van der Waals surface area contributed by atoms with Gasteiger partial charge >= 0.3 is 12.1 Å². The van der Waals surface area contributed by atoms with Gasteiger partial charge in [0.1, 0.15) is 5.60 Å². The van der Waals surface area contributed by atoms with Crippen molar-refractivity contribution in [1.82, 2.24) is 9.96 Å². The third-order valence-electron chi connectivity index (χ3n) is 5.10. The van der Waals surface area contributed by atoms with E-state index in [1.54, 1.807) is 57.7 Å². The second-order valence-electron chi connectivity index (χ2n) is 8.86. The summed E-state index contributed by atoms with van der Waals surface area (Å²) in [6, 6.07) is 6.32. The number of hydrogen-bond acceptors (Lipinski definition) is 6. The molecule has 0 saturated heterocycles. The van der Waals surface area contributed by atoms with Crippen LogP contribution in [0.5, 0.6) is 0 Å². The van der Waals surface area contributed by atoms with Gasteiger partial charge in [0.25, 0.3) is 11.8 Å². The highest BCUT2D eigenvalue weighted by atomic mass is 16.7. The highest BCUT2D eigenvalue weighted by molar-refractivity contribution is 6.20. The van der Waals surface area contributed by atoms with E-state index in [2.05, 4.69) is 0 Å². The molecule has 3 amide bonds. The zero-order valence-corrected chi connectivity index (χ0v) is 17.9. The van der Waals surface area contributed by atoms with Crippen molar-refractivity contribution < 1.29 is 28.8 Å². The van der Waals surface area contributed by atoms with Crippen LogP contribution in [0.3, 0.4) is 0 Å². The summed E-state index contributed by atoms with van der Waals surface area (Å²) in [7, 11) is 0. The standard InChI is InChI=1S/C22H26N2O6/c1-21(2,3)29-20(28)23-12-10-14(11-13-23)22(4,5)19(27)30-24-17(25)15-8-6-7-9-16(15)18(24)26/h6-10H,11-13H2,1-5H3. The molecule has 3 rings (SSSR count). The second-order valence-corrected chi connectivity index (χ2v) is 8.86. The maximum atomic E-state index is 12.9. The maximum Gasteiger partial charge on any atom is 0.410 e. The fourth-order valence-corrected chi connectivity index (χ4v) is 3.31. The molecule has 2 aliphatic heterocycles. The molecule has 1 aromatic carbocycles. The number of nitrogens with zero attached hydrogens (tertiary/aromatic N) is 2. The van der Waals surface area contributed by atoms with Crippen molar-refractivity contribution in [2.24, 2.45) is 5.41 Å². The third-order valence-corrected chi connectivity index (χ3v) is 5.10. The molecule has 30 heavy (non-hydrogen) atoms. The largest absolute Gasteiger partial charge is 0.444 e. The van der Waals surface area contributed by atoms with E-state index in [9.17, 15) is 19.2 Å². The van der Waals surface area contributed by atoms with Gasteiger partial charge in [-0.2, -0.15) is 0 Å². The quantitative estimate of drug-likeness (QED) is 0.556. The van der Waals surface area contributed by atoms with E-state index in [1.807, 2.05) is 0 Å². The van der Waals surface area contributed by atoms with E-state index < -0.39 is 34.9 Å². The molecule has 1 aromatic rings. The number of hydroxylamine groups is 2. The molecule has 0 aliphatic carbocycles. The Morgan fingerprint density at radius 1 is 0.967 bits per heavy atom. The van der Waals surface area contributed by atoms with E-state index in [1.165, 1.54) is 12.1 Å². The third kappa shape index (κ3) is 4.08. The number of hydrogen-bond donors (Lipinski definition) is 0. The predicted molar refractivity (Wildman–Crippen MR) is 107 cm³/mol. The monoisotopic (exact) mass is 414 g/mol. The number of rotatable bonds is 3. The average Bonchev–Trinajstić information content (AvgIpc) is 2.92. The Kier molecular flexibility index (Phi) is 5.45. The molecular formula is C22H26N2O6. The van der Waals surface area contributed by atoms with Crippen LogP contribution in [0.1, 0.15) is 61.8 Å². The minimum absolute atomic E-state index is 0.206. The number of fused-ring (bicyclic) bond motifs is 1. The normalized spacial score (nSPS) is 16.9. The van der Waals surface area contributed by atoms with E-state index in [0.29, 0.717) is 24.6 Å². The van der Waals surface area contributed by atoms with Crippen LogP contribution in [0.25, 0.3) is 0 Å². The molecule has 0 atom stereocenters. The Morgan fingerprint density at radius 3 is 2.00 bits per heavy atom. The zero-order valence-electron chi connectivity index (χ0n) is 17.9. The zero-order chi connectivity index (χ0) is 22.3. The van der Waals surface area contributed by atoms with Crippen LogP contribution in [0, 0.1) is 5.41 Å². The van der Waals surface area contributed by atoms with Crippen LogP contribution in [-0.4, -0.2) is 52.5 Å². The lowest BCUT2D eigenvalue weighted by atomic mass is 9.81. The molecule has 160 valence electrons. The number of amides is 3. The number of ether oxygens (including phenoxy) is 1. The molecule has 0 radical (unpaired) electrons. The van der Waals surface area contributed by atoms with Crippen molar-refractivity contribution >= 4 is 23.9 Å². The summed E-state index contributed by atoms with van der Waals surface area (Å²) in [5.74, 6) is -2.03. The minimum atomic E-state index is -1.07.